The van der Waals surface area contributed by atoms with Crippen molar-refractivity contribution in [3.8, 4) is 11.1 Å². The highest BCUT2D eigenvalue weighted by Crippen LogP contribution is 2.34. The first-order valence-corrected chi connectivity index (χ1v) is 12.9. The lowest BCUT2D eigenvalue weighted by Crippen LogP contribution is -2.51. The molecule has 1 saturated carbocycles. The zero-order chi connectivity index (χ0) is 23.3. The molecule has 0 spiro atoms. The zero-order valence-corrected chi connectivity index (χ0v) is 20.2. The van der Waals surface area contributed by atoms with Crippen molar-refractivity contribution in [3.05, 3.63) is 41.3 Å². The second-order valence-electron chi connectivity index (χ2n) is 9.77. The molecule has 0 amide bonds. The van der Waals surface area contributed by atoms with Crippen molar-refractivity contribution in [2.24, 2.45) is 5.92 Å². The third-order valence-electron chi connectivity index (χ3n) is 7.24. The average molecular weight is 489 g/mol. The number of benzene rings is 1. The Hall–Kier alpha value is -1.93. The summed E-state index contributed by atoms with van der Waals surface area (Å²) in [5.74, 6) is 1.03. The zero-order valence-electron chi connectivity index (χ0n) is 19.5. The molecule has 1 aliphatic carbocycles. The lowest BCUT2D eigenvalue weighted by molar-refractivity contribution is -0.0120. The molecule has 0 radical (unpaired) electrons. The van der Waals surface area contributed by atoms with E-state index in [1.165, 1.54) is 6.07 Å². The molecule has 3 N–H and O–H groups in total. The molecule has 2 aliphatic heterocycles. The van der Waals surface area contributed by atoms with Gasteiger partial charge in [0.1, 0.15) is 11.6 Å². The minimum atomic E-state index is -0.290. The van der Waals surface area contributed by atoms with E-state index in [2.05, 4.69) is 20.9 Å². The number of hydrogen-bond acceptors (Lipinski definition) is 6. The van der Waals surface area contributed by atoms with Crippen molar-refractivity contribution >= 4 is 23.1 Å². The normalized spacial score (nSPS) is 23.9. The van der Waals surface area contributed by atoms with Crippen LogP contribution in [-0.2, 0) is 9.47 Å². The van der Waals surface area contributed by atoms with Crippen LogP contribution in [0.4, 0.5) is 15.9 Å². The van der Waals surface area contributed by atoms with Gasteiger partial charge < -0.3 is 25.4 Å². The van der Waals surface area contributed by atoms with Gasteiger partial charge in [0.15, 0.2) is 0 Å². The van der Waals surface area contributed by atoms with Gasteiger partial charge in [0, 0.05) is 54.9 Å². The Labute approximate surface area is 206 Å². The standard InChI is InChI=1S/C26H34ClFN4O2/c27-24-14-30-26(32-19-3-1-18(2-4-19)31-21-15-34-16-21)12-22(24)23-11-20(5-6-25(23)28)29-13-17-7-9-33-10-8-17/h5-6,11-12,14,17-19,21,29,31H,1-4,7-10,13,15-16H2,(H,30,32)/t18-,19-. The number of halogens is 2. The summed E-state index contributed by atoms with van der Waals surface area (Å²) in [5.41, 5.74) is 2.04. The topological polar surface area (TPSA) is 67.4 Å². The summed E-state index contributed by atoms with van der Waals surface area (Å²) in [6.07, 6.45) is 8.13. The van der Waals surface area contributed by atoms with Crippen molar-refractivity contribution in [2.75, 3.05) is 43.6 Å². The van der Waals surface area contributed by atoms with Gasteiger partial charge in [-0.25, -0.2) is 9.37 Å². The second-order valence-corrected chi connectivity index (χ2v) is 10.2. The monoisotopic (exact) mass is 488 g/mol. The summed E-state index contributed by atoms with van der Waals surface area (Å²) in [6.45, 7) is 4.15. The number of pyridine rings is 1. The molecule has 6 nitrogen and oxygen atoms in total. The van der Waals surface area contributed by atoms with Crippen LogP contribution in [0.3, 0.4) is 0 Å². The predicted molar refractivity (Wildman–Crippen MR) is 134 cm³/mol. The highest BCUT2D eigenvalue weighted by Gasteiger charge is 2.26. The second kappa shape index (κ2) is 11.2. The molecule has 2 aromatic rings. The Morgan fingerprint density at radius 3 is 2.41 bits per heavy atom. The van der Waals surface area contributed by atoms with Crippen LogP contribution < -0.4 is 16.0 Å². The summed E-state index contributed by atoms with van der Waals surface area (Å²) in [7, 11) is 0. The molecular formula is C26H34ClFN4O2. The minimum absolute atomic E-state index is 0.290. The predicted octanol–water partition coefficient (Wildman–Crippen LogP) is 5.09. The van der Waals surface area contributed by atoms with Crippen LogP contribution >= 0.6 is 11.6 Å². The van der Waals surface area contributed by atoms with Gasteiger partial charge in [-0.1, -0.05) is 11.6 Å². The van der Waals surface area contributed by atoms with Crippen molar-refractivity contribution in [1.82, 2.24) is 10.3 Å². The molecule has 5 rings (SSSR count). The number of hydrogen-bond donors (Lipinski definition) is 3. The lowest BCUT2D eigenvalue weighted by atomic mass is 9.90. The molecule has 3 heterocycles. The largest absolute Gasteiger partial charge is 0.385 e. The molecule has 1 aromatic carbocycles. The number of ether oxygens (including phenoxy) is 2. The van der Waals surface area contributed by atoms with Crippen LogP contribution in [-0.4, -0.2) is 56.1 Å². The molecule has 1 aromatic heterocycles. The third kappa shape index (κ3) is 6.00. The van der Waals surface area contributed by atoms with Gasteiger partial charge in [-0.2, -0.15) is 0 Å². The highest BCUT2D eigenvalue weighted by molar-refractivity contribution is 6.33. The number of nitrogens with one attached hydrogen (secondary N) is 3. The summed E-state index contributed by atoms with van der Waals surface area (Å²) in [4.78, 5) is 4.47. The van der Waals surface area contributed by atoms with Crippen molar-refractivity contribution < 1.29 is 13.9 Å². The van der Waals surface area contributed by atoms with Gasteiger partial charge in [0.25, 0.3) is 0 Å². The number of aromatic nitrogens is 1. The fourth-order valence-corrected chi connectivity index (χ4v) is 5.26. The van der Waals surface area contributed by atoms with E-state index in [0.717, 1.165) is 83.0 Å². The fourth-order valence-electron chi connectivity index (χ4n) is 5.06. The van der Waals surface area contributed by atoms with E-state index in [9.17, 15) is 4.39 Å². The van der Waals surface area contributed by atoms with Gasteiger partial charge in [0.05, 0.1) is 24.3 Å². The van der Waals surface area contributed by atoms with E-state index in [-0.39, 0.29) is 5.82 Å². The average Bonchev–Trinajstić information content (AvgIpc) is 2.84. The molecule has 3 fully saturated rings. The van der Waals surface area contributed by atoms with E-state index < -0.39 is 0 Å². The fraction of sp³-hybridized carbons (Fsp3) is 0.577. The summed E-state index contributed by atoms with van der Waals surface area (Å²) in [5, 5.41) is 11.1. The lowest BCUT2D eigenvalue weighted by Gasteiger charge is -2.35. The molecule has 2 saturated heterocycles. The Bertz CT molecular complexity index is 960. The quantitative estimate of drug-likeness (QED) is 0.481. The van der Waals surface area contributed by atoms with E-state index >= 15 is 0 Å². The maximum atomic E-state index is 14.8. The van der Waals surface area contributed by atoms with E-state index in [4.69, 9.17) is 21.1 Å². The van der Waals surface area contributed by atoms with Gasteiger partial charge in [-0.05, 0) is 68.7 Å². The number of anilines is 2. The Balaban J connectivity index is 1.22. The SMILES string of the molecule is Fc1ccc(NCC2CCOCC2)cc1-c1cc(N[C@H]2CC[C@H](NC3COC3)CC2)ncc1Cl. The van der Waals surface area contributed by atoms with Crippen molar-refractivity contribution in [2.45, 2.75) is 56.7 Å². The van der Waals surface area contributed by atoms with Crippen LogP contribution in [0.15, 0.2) is 30.5 Å². The summed E-state index contributed by atoms with van der Waals surface area (Å²) in [6, 6.07) is 8.45. The molecule has 3 aliphatic rings. The molecule has 0 bridgehead atoms. The van der Waals surface area contributed by atoms with Gasteiger partial charge in [-0.3, -0.25) is 0 Å². The minimum Gasteiger partial charge on any atom is -0.385 e. The van der Waals surface area contributed by atoms with Crippen LogP contribution in [0.5, 0.6) is 0 Å². The first-order chi connectivity index (χ1) is 16.6. The molecule has 0 atom stereocenters. The first-order valence-electron chi connectivity index (χ1n) is 12.5. The van der Waals surface area contributed by atoms with E-state index in [1.54, 1.807) is 12.3 Å². The molecule has 184 valence electrons. The van der Waals surface area contributed by atoms with Crippen molar-refractivity contribution in [3.63, 3.8) is 0 Å². The van der Waals surface area contributed by atoms with Gasteiger partial charge in [0.2, 0.25) is 0 Å². The van der Waals surface area contributed by atoms with Crippen LogP contribution in [0.2, 0.25) is 5.02 Å². The van der Waals surface area contributed by atoms with E-state index in [0.29, 0.717) is 40.2 Å². The summed E-state index contributed by atoms with van der Waals surface area (Å²) < 4.78 is 25.5. The maximum absolute atomic E-state index is 14.8. The molecule has 34 heavy (non-hydrogen) atoms. The summed E-state index contributed by atoms with van der Waals surface area (Å²) >= 11 is 6.47. The first kappa shape index (κ1) is 23.8. The highest BCUT2D eigenvalue weighted by atomic mass is 35.5. The molecule has 0 unspecified atom stereocenters. The van der Waals surface area contributed by atoms with Crippen LogP contribution in [0.1, 0.15) is 38.5 Å². The molecule has 8 heteroatoms. The van der Waals surface area contributed by atoms with Crippen LogP contribution in [0, 0.1) is 11.7 Å². The Kier molecular flexibility index (Phi) is 7.84. The number of nitrogens with zero attached hydrogens (tertiary/aromatic N) is 1. The van der Waals surface area contributed by atoms with Gasteiger partial charge >= 0.3 is 0 Å². The Morgan fingerprint density at radius 1 is 0.912 bits per heavy atom. The maximum Gasteiger partial charge on any atom is 0.131 e. The van der Waals surface area contributed by atoms with E-state index in [1.807, 2.05) is 12.1 Å². The van der Waals surface area contributed by atoms with Gasteiger partial charge in [-0.15, -0.1) is 0 Å². The number of rotatable bonds is 8. The van der Waals surface area contributed by atoms with Crippen molar-refractivity contribution in [1.29, 1.82) is 0 Å². The third-order valence-corrected chi connectivity index (χ3v) is 7.54. The van der Waals surface area contributed by atoms with Crippen LogP contribution in [0.25, 0.3) is 11.1 Å². The Morgan fingerprint density at radius 2 is 1.68 bits per heavy atom. The smallest absolute Gasteiger partial charge is 0.131 e. The molecular weight excluding hydrogens is 455 g/mol.